The fourth-order valence-electron chi connectivity index (χ4n) is 1.13. The van der Waals surface area contributed by atoms with Crippen LogP contribution in [0.5, 0.6) is 0 Å². The number of carbonyl (C=O) groups is 1. The minimum Gasteiger partial charge on any atom is -0.479 e. The van der Waals surface area contributed by atoms with Crippen LogP contribution in [0.15, 0.2) is 34.7 Å². The summed E-state index contributed by atoms with van der Waals surface area (Å²) in [4.78, 5) is 11.0. The van der Waals surface area contributed by atoms with Crippen LogP contribution < -0.4 is 0 Å². The van der Waals surface area contributed by atoms with Crippen LogP contribution in [0.25, 0.3) is 0 Å². The Hall–Kier alpha value is -1.69. The van der Waals surface area contributed by atoms with Crippen LogP contribution in [0.2, 0.25) is 0 Å². The van der Waals surface area contributed by atoms with Gasteiger partial charge in [0.25, 0.3) is 0 Å². The molecule has 0 bridgehead atoms. The first kappa shape index (κ1) is 11.4. The summed E-state index contributed by atoms with van der Waals surface area (Å²) in [6.07, 6.45) is 0. The molecule has 1 rings (SSSR count). The van der Waals surface area contributed by atoms with Gasteiger partial charge in [-0.1, -0.05) is 30.3 Å². The standard InChI is InChI=1S/C9H9NO4S/c1-9(8(11)12,10-15(13)14)7-5-3-2-4-6-7/h2-6H,1H3,(H,11,12). The van der Waals surface area contributed by atoms with Gasteiger partial charge in [-0.3, -0.25) is 0 Å². The summed E-state index contributed by atoms with van der Waals surface area (Å²) in [7, 11) is -2.76. The van der Waals surface area contributed by atoms with Crippen LogP contribution in [0, 0.1) is 0 Å². The van der Waals surface area contributed by atoms with Crippen LogP contribution in [0.4, 0.5) is 0 Å². The molecule has 0 aliphatic rings. The van der Waals surface area contributed by atoms with Crippen molar-refractivity contribution in [1.82, 2.24) is 0 Å². The molecule has 5 nitrogen and oxygen atoms in total. The van der Waals surface area contributed by atoms with Gasteiger partial charge >= 0.3 is 16.5 Å². The highest BCUT2D eigenvalue weighted by atomic mass is 32.2. The molecule has 1 atom stereocenters. The van der Waals surface area contributed by atoms with Crippen molar-refractivity contribution in [3.63, 3.8) is 0 Å². The van der Waals surface area contributed by atoms with Crippen molar-refractivity contribution in [3.05, 3.63) is 35.9 Å². The van der Waals surface area contributed by atoms with Crippen molar-refractivity contribution >= 4 is 16.5 Å². The van der Waals surface area contributed by atoms with Gasteiger partial charge in [-0.15, -0.1) is 4.36 Å². The number of carboxylic acid groups (broad SMARTS) is 1. The lowest BCUT2D eigenvalue weighted by molar-refractivity contribution is -0.142. The molecule has 0 aliphatic carbocycles. The molecule has 1 aromatic rings. The van der Waals surface area contributed by atoms with Gasteiger partial charge in [0, 0.05) is 0 Å². The van der Waals surface area contributed by atoms with E-state index in [0.717, 1.165) is 0 Å². The molecule has 0 heterocycles. The molecule has 1 unspecified atom stereocenters. The highest BCUT2D eigenvalue weighted by Gasteiger charge is 2.35. The van der Waals surface area contributed by atoms with E-state index in [1.165, 1.54) is 19.1 Å². The topological polar surface area (TPSA) is 83.8 Å². The zero-order valence-corrected chi connectivity index (χ0v) is 8.73. The third-order valence-corrected chi connectivity index (χ3v) is 2.52. The molecule has 1 aromatic carbocycles. The van der Waals surface area contributed by atoms with Gasteiger partial charge in [-0.2, -0.15) is 8.42 Å². The highest BCUT2D eigenvalue weighted by molar-refractivity contribution is 7.61. The van der Waals surface area contributed by atoms with E-state index < -0.39 is 22.0 Å². The molecule has 0 radical (unpaired) electrons. The van der Waals surface area contributed by atoms with Crippen LogP contribution in [0.3, 0.4) is 0 Å². The second-order valence-electron chi connectivity index (χ2n) is 3.05. The lowest BCUT2D eigenvalue weighted by Crippen LogP contribution is -2.29. The highest BCUT2D eigenvalue weighted by Crippen LogP contribution is 2.25. The molecule has 80 valence electrons. The van der Waals surface area contributed by atoms with Gasteiger partial charge < -0.3 is 5.11 Å². The van der Waals surface area contributed by atoms with Crippen LogP contribution in [-0.2, 0) is 20.8 Å². The molecule has 0 fully saturated rings. The van der Waals surface area contributed by atoms with Crippen molar-refractivity contribution in [2.45, 2.75) is 12.5 Å². The maximum Gasteiger partial charge on any atom is 0.337 e. The summed E-state index contributed by atoms with van der Waals surface area (Å²) in [6.45, 7) is 1.24. The van der Waals surface area contributed by atoms with Crippen LogP contribution in [-0.4, -0.2) is 19.5 Å². The number of nitrogens with zero attached hydrogens (tertiary/aromatic N) is 1. The van der Waals surface area contributed by atoms with E-state index in [9.17, 15) is 13.2 Å². The molecule has 15 heavy (non-hydrogen) atoms. The Balaban J connectivity index is 3.38. The number of hydrogen-bond donors (Lipinski definition) is 1. The van der Waals surface area contributed by atoms with Crippen molar-refractivity contribution in [2.24, 2.45) is 4.36 Å². The minimum atomic E-state index is -2.76. The summed E-state index contributed by atoms with van der Waals surface area (Å²) >= 11 is 0. The molecule has 0 spiro atoms. The predicted molar refractivity (Wildman–Crippen MR) is 52.8 cm³/mol. The largest absolute Gasteiger partial charge is 0.479 e. The number of aliphatic carboxylic acids is 1. The molecule has 0 aromatic heterocycles. The number of hydrogen-bond acceptors (Lipinski definition) is 4. The second-order valence-corrected chi connectivity index (χ2v) is 3.67. The Labute approximate surface area is 88.1 Å². The Kier molecular flexibility index (Phi) is 3.21. The number of carboxylic acids is 1. The van der Waals surface area contributed by atoms with Gasteiger partial charge in [0.1, 0.15) is 0 Å². The summed E-state index contributed by atoms with van der Waals surface area (Å²) in [5.74, 6) is -1.31. The van der Waals surface area contributed by atoms with E-state index in [0.29, 0.717) is 5.56 Å². The first-order valence-corrected chi connectivity index (χ1v) is 5.11. The molecule has 1 N–H and O–H groups in total. The zero-order valence-electron chi connectivity index (χ0n) is 7.91. The van der Waals surface area contributed by atoms with Crippen LogP contribution >= 0.6 is 0 Å². The predicted octanol–water partition coefficient (Wildman–Crippen LogP) is 1.05. The average Bonchev–Trinajstić information content (AvgIpc) is 2.17. The van der Waals surface area contributed by atoms with Gasteiger partial charge in [0.15, 0.2) is 5.54 Å². The summed E-state index contributed by atoms with van der Waals surface area (Å²) in [5.41, 5.74) is -1.44. The van der Waals surface area contributed by atoms with Crippen LogP contribution in [0.1, 0.15) is 12.5 Å². The smallest absolute Gasteiger partial charge is 0.337 e. The second kappa shape index (κ2) is 4.22. The molecule has 0 saturated carbocycles. The fraction of sp³-hybridized carbons (Fsp3) is 0.222. The van der Waals surface area contributed by atoms with Gasteiger partial charge in [-0.25, -0.2) is 4.79 Å². The molecular formula is C9H9NO4S. The minimum absolute atomic E-state index is 0.321. The van der Waals surface area contributed by atoms with Gasteiger partial charge in [0.05, 0.1) is 0 Å². The quantitative estimate of drug-likeness (QED) is 0.836. The zero-order chi connectivity index (χ0) is 11.5. The maximum atomic E-state index is 11.0. The van der Waals surface area contributed by atoms with E-state index in [1.807, 2.05) is 0 Å². The molecule has 0 amide bonds. The van der Waals surface area contributed by atoms with E-state index in [-0.39, 0.29) is 0 Å². The fourth-order valence-corrected chi connectivity index (χ4v) is 1.61. The lowest BCUT2D eigenvalue weighted by atomic mass is 9.94. The Morgan fingerprint density at radius 2 is 1.87 bits per heavy atom. The van der Waals surface area contributed by atoms with E-state index in [2.05, 4.69) is 4.36 Å². The summed E-state index contributed by atoms with van der Waals surface area (Å²) in [5, 5.41) is 8.97. The number of benzene rings is 1. The summed E-state index contributed by atoms with van der Waals surface area (Å²) < 4.78 is 24.1. The van der Waals surface area contributed by atoms with Gasteiger partial charge in [0.2, 0.25) is 0 Å². The van der Waals surface area contributed by atoms with Crippen molar-refractivity contribution in [2.75, 3.05) is 0 Å². The SMILES string of the molecule is CC(N=S(=O)=O)(C(=O)O)c1ccccc1. The van der Waals surface area contributed by atoms with E-state index >= 15 is 0 Å². The monoisotopic (exact) mass is 227 g/mol. The molecule has 0 saturated heterocycles. The number of rotatable bonds is 3. The molecule has 0 aliphatic heterocycles. The molecular weight excluding hydrogens is 218 g/mol. The Morgan fingerprint density at radius 1 is 1.33 bits per heavy atom. The Bertz CT molecular complexity index is 486. The van der Waals surface area contributed by atoms with Crippen molar-refractivity contribution in [1.29, 1.82) is 0 Å². The van der Waals surface area contributed by atoms with E-state index in [4.69, 9.17) is 5.11 Å². The lowest BCUT2D eigenvalue weighted by Gasteiger charge is -2.17. The first-order chi connectivity index (χ1) is 6.97. The normalized spacial score (nSPS) is 13.9. The Morgan fingerprint density at radius 3 is 2.27 bits per heavy atom. The van der Waals surface area contributed by atoms with Gasteiger partial charge in [-0.05, 0) is 12.5 Å². The van der Waals surface area contributed by atoms with Crippen molar-refractivity contribution < 1.29 is 18.3 Å². The maximum absolute atomic E-state index is 11.0. The third-order valence-electron chi connectivity index (χ3n) is 2.01. The molecule has 6 heteroatoms. The third kappa shape index (κ3) is 2.41. The first-order valence-electron chi connectivity index (χ1n) is 4.08. The van der Waals surface area contributed by atoms with Crippen molar-refractivity contribution in [3.8, 4) is 0 Å². The summed E-state index contributed by atoms with van der Waals surface area (Å²) in [6, 6.07) is 7.99. The average molecular weight is 227 g/mol. The van der Waals surface area contributed by atoms with E-state index in [1.54, 1.807) is 18.2 Å².